The van der Waals surface area contributed by atoms with E-state index >= 15 is 0 Å². The smallest absolute Gasteiger partial charge is 0.199 e. The largest absolute Gasteiger partial charge is 0.433 e. The minimum atomic E-state index is 0.333. The Morgan fingerprint density at radius 3 is 2.39 bits per heavy atom. The van der Waals surface area contributed by atoms with Crippen LogP contribution in [0.5, 0.6) is 0 Å². The standard InChI is InChI=1S/C25H29N3O2S/c1-18-2-8-22(9-3-18)31-25-23(27-24(30-25)20-10-16-29-17-11-20)19-4-6-21(7-5-19)28-14-12-26-13-15-28/h2-9,20,26H,10-17H2,1H3. The molecule has 2 aliphatic rings. The average Bonchev–Trinajstić information content (AvgIpc) is 3.25. The van der Waals surface area contributed by atoms with Crippen LogP contribution in [0.15, 0.2) is 62.9 Å². The lowest BCUT2D eigenvalue weighted by Crippen LogP contribution is -2.43. The fourth-order valence-electron chi connectivity index (χ4n) is 4.16. The molecule has 1 aromatic heterocycles. The number of rotatable bonds is 5. The topological polar surface area (TPSA) is 50.5 Å². The second-order valence-electron chi connectivity index (χ2n) is 8.27. The maximum Gasteiger partial charge on any atom is 0.199 e. The van der Waals surface area contributed by atoms with E-state index in [9.17, 15) is 0 Å². The minimum Gasteiger partial charge on any atom is -0.433 e. The van der Waals surface area contributed by atoms with Gasteiger partial charge in [-0.15, -0.1) is 0 Å². The number of benzene rings is 2. The zero-order valence-corrected chi connectivity index (χ0v) is 18.8. The van der Waals surface area contributed by atoms with Crippen molar-refractivity contribution in [3.63, 3.8) is 0 Å². The quantitative estimate of drug-likeness (QED) is 0.601. The van der Waals surface area contributed by atoms with Crippen molar-refractivity contribution in [1.82, 2.24) is 10.3 Å². The minimum absolute atomic E-state index is 0.333. The van der Waals surface area contributed by atoms with Crippen molar-refractivity contribution in [2.45, 2.75) is 35.7 Å². The molecule has 1 N–H and O–H groups in total. The number of anilines is 1. The number of piperazine rings is 1. The normalized spacial score (nSPS) is 17.8. The molecular weight excluding hydrogens is 406 g/mol. The first-order valence-electron chi connectivity index (χ1n) is 11.2. The number of nitrogens with one attached hydrogen (secondary N) is 1. The van der Waals surface area contributed by atoms with E-state index in [1.54, 1.807) is 11.8 Å². The zero-order chi connectivity index (χ0) is 21.0. The molecule has 0 spiro atoms. The van der Waals surface area contributed by atoms with E-state index in [2.05, 4.69) is 65.7 Å². The number of ether oxygens (including phenoxy) is 1. The predicted octanol–water partition coefficient (Wildman–Crippen LogP) is 5.10. The summed E-state index contributed by atoms with van der Waals surface area (Å²) in [6, 6.07) is 17.4. The van der Waals surface area contributed by atoms with Crippen molar-refractivity contribution in [3.05, 3.63) is 60.0 Å². The lowest BCUT2D eigenvalue weighted by Gasteiger charge is -2.29. The van der Waals surface area contributed by atoms with Crippen LogP contribution in [0.25, 0.3) is 11.3 Å². The monoisotopic (exact) mass is 435 g/mol. The maximum atomic E-state index is 6.37. The molecule has 0 amide bonds. The van der Waals surface area contributed by atoms with Crippen LogP contribution in [0.1, 0.15) is 30.2 Å². The van der Waals surface area contributed by atoms with Gasteiger partial charge in [-0.05, 0) is 55.8 Å². The molecule has 0 saturated carbocycles. The zero-order valence-electron chi connectivity index (χ0n) is 18.0. The van der Waals surface area contributed by atoms with Gasteiger partial charge in [0, 0.05) is 61.5 Å². The summed E-state index contributed by atoms with van der Waals surface area (Å²) in [7, 11) is 0. The second kappa shape index (κ2) is 9.47. The number of hydrogen-bond donors (Lipinski definition) is 1. The summed E-state index contributed by atoms with van der Waals surface area (Å²) in [5.74, 6) is 1.18. The molecule has 162 valence electrons. The Morgan fingerprint density at radius 2 is 1.68 bits per heavy atom. The highest BCUT2D eigenvalue weighted by Crippen LogP contribution is 2.40. The second-order valence-corrected chi connectivity index (χ2v) is 9.32. The fourth-order valence-corrected chi connectivity index (χ4v) is 5.03. The van der Waals surface area contributed by atoms with Crippen molar-refractivity contribution in [3.8, 4) is 11.3 Å². The van der Waals surface area contributed by atoms with Crippen molar-refractivity contribution < 1.29 is 9.15 Å². The van der Waals surface area contributed by atoms with E-state index in [1.807, 2.05) is 0 Å². The Bertz CT molecular complexity index is 989. The molecular formula is C25H29N3O2S. The summed E-state index contributed by atoms with van der Waals surface area (Å²) >= 11 is 1.66. The Balaban J connectivity index is 1.45. The summed E-state index contributed by atoms with van der Waals surface area (Å²) < 4.78 is 11.9. The van der Waals surface area contributed by atoms with Crippen LogP contribution in [0.4, 0.5) is 5.69 Å². The molecule has 5 nitrogen and oxygen atoms in total. The number of hydrogen-bond acceptors (Lipinski definition) is 6. The summed E-state index contributed by atoms with van der Waals surface area (Å²) in [6.45, 7) is 7.84. The summed E-state index contributed by atoms with van der Waals surface area (Å²) in [5.41, 5.74) is 4.58. The molecule has 0 radical (unpaired) electrons. The lowest BCUT2D eigenvalue weighted by atomic mass is 10.0. The molecule has 0 unspecified atom stereocenters. The van der Waals surface area contributed by atoms with Gasteiger partial charge in [0.15, 0.2) is 11.0 Å². The van der Waals surface area contributed by atoms with Crippen molar-refractivity contribution in [2.24, 2.45) is 0 Å². The van der Waals surface area contributed by atoms with Crippen LogP contribution in [0.2, 0.25) is 0 Å². The third-order valence-electron chi connectivity index (χ3n) is 6.04. The first-order chi connectivity index (χ1) is 15.3. The van der Waals surface area contributed by atoms with Crippen molar-refractivity contribution in [2.75, 3.05) is 44.3 Å². The predicted molar refractivity (Wildman–Crippen MR) is 125 cm³/mol. The molecule has 3 heterocycles. The van der Waals surface area contributed by atoms with Gasteiger partial charge in [-0.2, -0.15) is 0 Å². The van der Waals surface area contributed by atoms with Gasteiger partial charge in [-0.1, -0.05) is 29.8 Å². The third-order valence-corrected chi connectivity index (χ3v) is 7.01. The molecule has 2 aliphatic heterocycles. The molecule has 6 heteroatoms. The Morgan fingerprint density at radius 1 is 0.968 bits per heavy atom. The highest BCUT2D eigenvalue weighted by molar-refractivity contribution is 7.99. The van der Waals surface area contributed by atoms with Gasteiger partial charge in [0.05, 0.1) is 0 Å². The first kappa shape index (κ1) is 20.6. The Labute approximate surface area is 188 Å². The third kappa shape index (κ3) is 4.81. The summed E-state index contributed by atoms with van der Waals surface area (Å²) in [5, 5.41) is 4.29. The van der Waals surface area contributed by atoms with Crippen LogP contribution < -0.4 is 10.2 Å². The van der Waals surface area contributed by atoms with E-state index in [-0.39, 0.29) is 0 Å². The maximum absolute atomic E-state index is 6.37. The van der Waals surface area contributed by atoms with Gasteiger partial charge in [-0.3, -0.25) is 0 Å². The highest BCUT2D eigenvalue weighted by Gasteiger charge is 2.25. The molecule has 3 aromatic rings. The van der Waals surface area contributed by atoms with Gasteiger partial charge in [-0.25, -0.2) is 4.98 Å². The van der Waals surface area contributed by atoms with Gasteiger partial charge in [0.2, 0.25) is 0 Å². The van der Waals surface area contributed by atoms with Gasteiger partial charge < -0.3 is 19.4 Å². The average molecular weight is 436 g/mol. The van der Waals surface area contributed by atoms with Crippen LogP contribution in [0.3, 0.4) is 0 Å². The summed E-state index contributed by atoms with van der Waals surface area (Å²) in [4.78, 5) is 8.59. The molecule has 2 saturated heterocycles. The van der Waals surface area contributed by atoms with Crippen LogP contribution in [-0.4, -0.2) is 44.4 Å². The molecule has 0 aliphatic carbocycles. The van der Waals surface area contributed by atoms with E-state index in [4.69, 9.17) is 14.1 Å². The molecule has 2 fully saturated rings. The molecule has 0 atom stereocenters. The van der Waals surface area contributed by atoms with Crippen molar-refractivity contribution in [1.29, 1.82) is 0 Å². The lowest BCUT2D eigenvalue weighted by molar-refractivity contribution is 0.0786. The van der Waals surface area contributed by atoms with E-state index in [0.29, 0.717) is 5.92 Å². The Hall–Kier alpha value is -2.28. The van der Waals surface area contributed by atoms with Gasteiger partial charge in [0.1, 0.15) is 5.69 Å². The summed E-state index contributed by atoms with van der Waals surface area (Å²) in [6.07, 6.45) is 1.94. The van der Waals surface area contributed by atoms with E-state index in [1.165, 1.54) is 16.1 Å². The molecule has 2 aromatic carbocycles. The van der Waals surface area contributed by atoms with E-state index < -0.39 is 0 Å². The fraction of sp³-hybridized carbons (Fsp3) is 0.400. The van der Waals surface area contributed by atoms with Crippen LogP contribution >= 0.6 is 11.8 Å². The highest BCUT2D eigenvalue weighted by atomic mass is 32.2. The molecule has 5 rings (SSSR count). The van der Waals surface area contributed by atoms with Crippen LogP contribution in [-0.2, 0) is 4.74 Å². The Kier molecular flexibility index (Phi) is 6.30. The molecule has 0 bridgehead atoms. The number of aromatic nitrogens is 1. The first-order valence-corrected chi connectivity index (χ1v) is 12.0. The number of nitrogens with zero attached hydrogens (tertiary/aromatic N) is 2. The van der Waals surface area contributed by atoms with Crippen LogP contribution in [0, 0.1) is 6.92 Å². The number of aryl methyl sites for hydroxylation is 1. The molecule has 31 heavy (non-hydrogen) atoms. The van der Waals surface area contributed by atoms with Gasteiger partial charge >= 0.3 is 0 Å². The van der Waals surface area contributed by atoms with Gasteiger partial charge in [0.25, 0.3) is 0 Å². The SMILES string of the molecule is Cc1ccc(Sc2oc(C3CCOCC3)nc2-c2ccc(N3CCNCC3)cc2)cc1. The number of oxazole rings is 1. The van der Waals surface area contributed by atoms with E-state index in [0.717, 1.165) is 74.5 Å². The van der Waals surface area contributed by atoms with Crippen molar-refractivity contribution >= 4 is 17.4 Å².